The molecule has 2 unspecified atom stereocenters. The van der Waals surface area contributed by atoms with E-state index in [4.69, 9.17) is 4.74 Å². The number of carbonyl (C=O) groups is 1. The first kappa shape index (κ1) is 14.8. The van der Waals surface area contributed by atoms with Crippen LogP contribution in [-0.2, 0) is 9.53 Å². The van der Waals surface area contributed by atoms with Crippen LogP contribution >= 0.6 is 11.8 Å². The van der Waals surface area contributed by atoms with Crippen molar-refractivity contribution in [1.29, 1.82) is 0 Å². The number of carbonyl (C=O) groups excluding carboxylic acids is 1. The molecule has 0 spiro atoms. The van der Waals surface area contributed by atoms with E-state index in [1.165, 1.54) is 0 Å². The maximum Gasteiger partial charge on any atom is 0.307 e. The average Bonchev–Trinajstić information content (AvgIpc) is 2.63. The molecule has 0 bridgehead atoms. The van der Waals surface area contributed by atoms with E-state index in [-0.39, 0.29) is 11.5 Å². The summed E-state index contributed by atoms with van der Waals surface area (Å²) in [6.07, 6.45) is 1.63. The summed E-state index contributed by atoms with van der Waals surface area (Å²) < 4.78 is 5.14. The summed E-state index contributed by atoms with van der Waals surface area (Å²) in [6, 6.07) is 0. The van der Waals surface area contributed by atoms with Crippen LogP contribution in [0.3, 0.4) is 0 Å². The Balaban J connectivity index is 2.82. The lowest BCUT2D eigenvalue weighted by atomic mass is 9.86. The molecule has 1 heterocycles. The smallest absolute Gasteiger partial charge is 0.307 e. The summed E-state index contributed by atoms with van der Waals surface area (Å²) in [5, 5.41) is 0.506. The van der Waals surface area contributed by atoms with Gasteiger partial charge in [-0.1, -0.05) is 20.8 Å². The van der Waals surface area contributed by atoms with Gasteiger partial charge in [-0.3, -0.25) is 9.69 Å². The van der Waals surface area contributed by atoms with Crippen molar-refractivity contribution in [1.82, 2.24) is 4.90 Å². The molecule has 1 aliphatic rings. The van der Waals surface area contributed by atoms with Crippen molar-refractivity contribution < 1.29 is 9.53 Å². The summed E-state index contributed by atoms with van der Waals surface area (Å²) in [5.74, 6) is 1.10. The minimum Gasteiger partial charge on any atom is -0.466 e. The Labute approximate surface area is 109 Å². The number of esters is 1. The first-order chi connectivity index (χ1) is 8.10. The normalized spacial score (nSPS) is 28.6. The minimum absolute atomic E-state index is 0.0143. The first-order valence-electron chi connectivity index (χ1n) is 6.63. The molecule has 2 atom stereocenters. The fraction of sp³-hybridized carbons (Fsp3) is 0.923. The monoisotopic (exact) mass is 259 g/mol. The Hall–Kier alpha value is -0.220. The number of hydrogen-bond acceptors (Lipinski definition) is 4. The highest BCUT2D eigenvalue weighted by atomic mass is 32.2. The van der Waals surface area contributed by atoms with Crippen LogP contribution in [0, 0.1) is 0 Å². The third-order valence-corrected chi connectivity index (χ3v) is 5.19. The summed E-state index contributed by atoms with van der Waals surface area (Å²) in [5.41, 5.74) is 0.0143. The highest BCUT2D eigenvalue weighted by molar-refractivity contribution is 8.00. The molecule has 4 heteroatoms. The Morgan fingerprint density at radius 1 is 1.41 bits per heavy atom. The first-order valence-corrected chi connectivity index (χ1v) is 7.67. The molecule has 0 amide bonds. The van der Waals surface area contributed by atoms with Crippen molar-refractivity contribution in [3.05, 3.63) is 0 Å². The Bertz CT molecular complexity index is 256. The quantitative estimate of drug-likeness (QED) is 0.686. The van der Waals surface area contributed by atoms with Gasteiger partial charge in [0.2, 0.25) is 0 Å². The number of ether oxygens (including phenoxy) is 1. The van der Waals surface area contributed by atoms with Crippen LogP contribution in [0.25, 0.3) is 0 Å². The maximum atomic E-state index is 11.8. The Morgan fingerprint density at radius 3 is 2.47 bits per heavy atom. The number of hydrogen-bond donors (Lipinski definition) is 0. The highest BCUT2D eigenvalue weighted by Crippen LogP contribution is 2.42. The Morgan fingerprint density at radius 2 is 2.06 bits per heavy atom. The Kier molecular flexibility index (Phi) is 5.80. The molecule has 1 saturated heterocycles. The molecule has 0 aromatic heterocycles. The van der Waals surface area contributed by atoms with Crippen LogP contribution in [0.4, 0.5) is 0 Å². The lowest BCUT2D eigenvalue weighted by Gasteiger charge is -2.42. The molecule has 0 aliphatic carbocycles. The summed E-state index contributed by atoms with van der Waals surface area (Å²) in [7, 11) is 0. The van der Waals surface area contributed by atoms with Gasteiger partial charge >= 0.3 is 5.97 Å². The predicted molar refractivity (Wildman–Crippen MR) is 73.4 cm³/mol. The molecular formula is C13H25NO2S. The molecular weight excluding hydrogens is 234 g/mol. The van der Waals surface area contributed by atoms with Crippen LogP contribution in [0.2, 0.25) is 0 Å². The number of rotatable bonds is 6. The zero-order valence-corrected chi connectivity index (χ0v) is 12.3. The van der Waals surface area contributed by atoms with Crippen molar-refractivity contribution in [2.45, 2.75) is 51.3 Å². The minimum atomic E-state index is -0.0475. The molecule has 1 aliphatic heterocycles. The van der Waals surface area contributed by atoms with Crippen molar-refractivity contribution in [3.63, 3.8) is 0 Å². The van der Waals surface area contributed by atoms with Crippen molar-refractivity contribution in [3.8, 4) is 0 Å². The topological polar surface area (TPSA) is 29.5 Å². The van der Waals surface area contributed by atoms with Gasteiger partial charge in [-0.2, -0.15) is 11.8 Å². The van der Waals surface area contributed by atoms with Crippen LogP contribution in [0.15, 0.2) is 0 Å². The predicted octanol–water partition coefficient (Wildman–Crippen LogP) is 2.55. The molecule has 100 valence electrons. The third kappa shape index (κ3) is 3.16. The van der Waals surface area contributed by atoms with Gasteiger partial charge in [0.25, 0.3) is 0 Å². The van der Waals surface area contributed by atoms with Crippen LogP contribution < -0.4 is 0 Å². The van der Waals surface area contributed by atoms with Gasteiger partial charge in [-0.25, -0.2) is 0 Å². The second-order valence-corrected chi connectivity index (χ2v) is 5.97. The fourth-order valence-corrected chi connectivity index (χ4v) is 4.33. The molecule has 17 heavy (non-hydrogen) atoms. The number of thioether (sulfide) groups is 1. The van der Waals surface area contributed by atoms with Gasteiger partial charge in [0.15, 0.2) is 0 Å². The molecule has 0 saturated carbocycles. The van der Waals surface area contributed by atoms with Crippen molar-refractivity contribution >= 4 is 17.7 Å². The molecule has 0 aromatic carbocycles. The largest absolute Gasteiger partial charge is 0.466 e. The van der Waals surface area contributed by atoms with E-state index in [1.807, 2.05) is 18.7 Å². The zero-order valence-electron chi connectivity index (χ0n) is 11.5. The maximum absolute atomic E-state index is 11.8. The summed E-state index contributed by atoms with van der Waals surface area (Å²) >= 11 is 1.97. The van der Waals surface area contributed by atoms with E-state index in [0.29, 0.717) is 18.3 Å². The summed E-state index contributed by atoms with van der Waals surface area (Å²) in [4.78, 5) is 14.3. The van der Waals surface area contributed by atoms with Crippen molar-refractivity contribution in [2.75, 3.05) is 25.4 Å². The van der Waals surface area contributed by atoms with E-state index in [9.17, 15) is 4.79 Å². The third-order valence-electron chi connectivity index (χ3n) is 3.81. The molecule has 0 aromatic rings. The van der Waals surface area contributed by atoms with Crippen LogP contribution in [0.5, 0.6) is 0 Å². The zero-order chi connectivity index (χ0) is 12.9. The standard InChI is InChI=1S/C13H25NO2S/c1-5-14(6-2)13(8-9-17-11(13)4)10-12(15)16-7-3/h11H,5-10H2,1-4H3. The molecule has 3 nitrogen and oxygen atoms in total. The van der Waals surface area contributed by atoms with Gasteiger partial charge in [0.05, 0.1) is 13.0 Å². The molecule has 1 fully saturated rings. The van der Waals surface area contributed by atoms with E-state index in [0.717, 1.165) is 25.3 Å². The van der Waals surface area contributed by atoms with Gasteiger partial charge in [0, 0.05) is 10.8 Å². The van der Waals surface area contributed by atoms with Gasteiger partial charge in [-0.15, -0.1) is 0 Å². The second-order valence-electron chi connectivity index (χ2n) is 4.52. The van der Waals surface area contributed by atoms with Gasteiger partial charge < -0.3 is 4.74 Å². The highest BCUT2D eigenvalue weighted by Gasteiger charge is 2.46. The molecule has 1 rings (SSSR count). The van der Waals surface area contributed by atoms with Crippen molar-refractivity contribution in [2.24, 2.45) is 0 Å². The molecule has 0 N–H and O–H groups in total. The summed E-state index contributed by atoms with van der Waals surface area (Å²) in [6.45, 7) is 10.9. The van der Waals surface area contributed by atoms with E-state index in [1.54, 1.807) is 0 Å². The number of nitrogens with zero attached hydrogens (tertiary/aromatic N) is 1. The van der Waals surface area contributed by atoms with Crippen LogP contribution in [-0.4, -0.2) is 47.1 Å². The second kappa shape index (κ2) is 6.64. The average molecular weight is 259 g/mol. The molecule has 0 radical (unpaired) electrons. The van der Waals surface area contributed by atoms with E-state index in [2.05, 4.69) is 25.7 Å². The fourth-order valence-electron chi connectivity index (χ4n) is 2.85. The lowest BCUT2D eigenvalue weighted by molar-refractivity contribution is -0.146. The van der Waals surface area contributed by atoms with Gasteiger partial charge in [0.1, 0.15) is 0 Å². The van der Waals surface area contributed by atoms with E-state index >= 15 is 0 Å². The van der Waals surface area contributed by atoms with E-state index < -0.39 is 0 Å². The van der Waals surface area contributed by atoms with Gasteiger partial charge in [-0.05, 0) is 32.2 Å². The SMILES string of the molecule is CCOC(=O)CC1(N(CC)CC)CCSC1C. The lowest BCUT2D eigenvalue weighted by Crippen LogP contribution is -2.53. The van der Waals surface area contributed by atoms with Crippen LogP contribution in [0.1, 0.15) is 40.5 Å².